The maximum atomic E-state index is 6.52. The van der Waals surface area contributed by atoms with Crippen LogP contribution in [0, 0.1) is 0 Å². The first-order valence-corrected chi connectivity index (χ1v) is 16.4. The minimum absolute atomic E-state index is 0.615. The zero-order valence-electron chi connectivity index (χ0n) is 26.3. The van der Waals surface area contributed by atoms with Crippen LogP contribution in [-0.4, -0.2) is 15.0 Å². The predicted octanol–water partition coefficient (Wildman–Crippen LogP) is 11.9. The number of hydrogen-bond donors (Lipinski definition) is 0. The van der Waals surface area contributed by atoms with E-state index in [0.29, 0.717) is 17.5 Å². The Morgan fingerprint density at radius 2 is 0.898 bits per heavy atom. The summed E-state index contributed by atoms with van der Waals surface area (Å²) in [6, 6.07) is 57.0. The Hall–Kier alpha value is -6.65. The lowest BCUT2D eigenvalue weighted by molar-refractivity contribution is 0.672. The molecule has 8 aromatic carbocycles. The minimum Gasteiger partial charge on any atom is -0.455 e. The zero-order valence-corrected chi connectivity index (χ0v) is 26.3. The molecule has 228 valence electrons. The lowest BCUT2D eigenvalue weighted by Crippen LogP contribution is -2.01. The van der Waals surface area contributed by atoms with Gasteiger partial charge >= 0.3 is 0 Å². The fourth-order valence-electron chi connectivity index (χ4n) is 7.00. The van der Waals surface area contributed by atoms with Gasteiger partial charge in [0, 0.05) is 32.8 Å². The second kappa shape index (κ2) is 11.0. The Bertz CT molecular complexity index is 2790. The lowest BCUT2D eigenvalue weighted by Gasteiger charge is -2.13. The molecule has 4 heteroatoms. The van der Waals surface area contributed by atoms with E-state index in [1.807, 2.05) is 18.2 Å². The number of nitrogens with zero attached hydrogens (tertiary/aromatic N) is 3. The molecule has 0 radical (unpaired) electrons. The molecule has 0 bridgehead atoms. The highest BCUT2D eigenvalue weighted by Gasteiger charge is 2.20. The van der Waals surface area contributed by atoms with Crippen molar-refractivity contribution < 1.29 is 4.42 Å². The predicted molar refractivity (Wildman–Crippen MR) is 201 cm³/mol. The molecule has 2 heterocycles. The van der Waals surface area contributed by atoms with Gasteiger partial charge in [-0.3, -0.25) is 0 Å². The van der Waals surface area contributed by atoms with Gasteiger partial charge in [0.2, 0.25) is 0 Å². The third kappa shape index (κ3) is 4.65. The average molecular weight is 626 g/mol. The summed E-state index contributed by atoms with van der Waals surface area (Å²) in [6.07, 6.45) is 0. The van der Waals surface area contributed by atoms with Crippen LogP contribution in [0.1, 0.15) is 0 Å². The van der Waals surface area contributed by atoms with Gasteiger partial charge in [-0.15, -0.1) is 0 Å². The summed E-state index contributed by atoms with van der Waals surface area (Å²) < 4.78 is 6.52. The largest absolute Gasteiger partial charge is 0.455 e. The molecular weight excluding hydrogens is 599 g/mol. The number of rotatable bonds is 4. The van der Waals surface area contributed by atoms with E-state index in [4.69, 9.17) is 19.4 Å². The Labute approximate surface area is 282 Å². The fraction of sp³-hybridized carbons (Fsp3) is 0. The number of benzene rings is 8. The third-order valence-electron chi connectivity index (χ3n) is 9.48. The summed E-state index contributed by atoms with van der Waals surface area (Å²) in [6.45, 7) is 0. The second-order valence-corrected chi connectivity index (χ2v) is 12.5. The maximum Gasteiger partial charge on any atom is 0.164 e. The van der Waals surface area contributed by atoms with Crippen molar-refractivity contribution in [2.75, 3.05) is 0 Å². The van der Waals surface area contributed by atoms with Gasteiger partial charge in [-0.25, -0.2) is 15.0 Å². The summed E-state index contributed by atoms with van der Waals surface area (Å²) in [4.78, 5) is 15.6. The highest BCUT2D eigenvalue weighted by molar-refractivity contribution is 6.19. The van der Waals surface area contributed by atoms with Gasteiger partial charge in [0.05, 0.1) is 0 Å². The van der Waals surface area contributed by atoms with Crippen LogP contribution in [0.3, 0.4) is 0 Å². The van der Waals surface area contributed by atoms with Crippen LogP contribution >= 0.6 is 0 Å². The van der Waals surface area contributed by atoms with Crippen LogP contribution in [0.4, 0.5) is 0 Å². The van der Waals surface area contributed by atoms with Gasteiger partial charge in [0.1, 0.15) is 11.2 Å². The van der Waals surface area contributed by atoms with Crippen molar-refractivity contribution in [2.45, 2.75) is 0 Å². The molecule has 10 rings (SSSR count). The van der Waals surface area contributed by atoms with Gasteiger partial charge in [-0.1, -0.05) is 127 Å². The van der Waals surface area contributed by atoms with Crippen LogP contribution in [0.2, 0.25) is 0 Å². The van der Waals surface area contributed by atoms with Crippen LogP contribution in [0.15, 0.2) is 168 Å². The number of para-hydroxylation sites is 1. The first-order chi connectivity index (χ1) is 24.2. The normalized spacial score (nSPS) is 11.7. The zero-order chi connectivity index (χ0) is 32.3. The Balaban J connectivity index is 1.28. The molecule has 49 heavy (non-hydrogen) atoms. The van der Waals surface area contributed by atoms with Gasteiger partial charge in [-0.05, 0) is 74.5 Å². The van der Waals surface area contributed by atoms with Crippen LogP contribution in [0.25, 0.3) is 99.5 Å². The Morgan fingerprint density at radius 3 is 1.59 bits per heavy atom. The third-order valence-corrected chi connectivity index (χ3v) is 9.48. The van der Waals surface area contributed by atoms with E-state index in [9.17, 15) is 0 Å². The molecule has 4 nitrogen and oxygen atoms in total. The molecule has 0 saturated heterocycles. The van der Waals surface area contributed by atoms with E-state index in [-0.39, 0.29) is 0 Å². The molecular formula is C45H27N3O. The van der Waals surface area contributed by atoms with Crippen LogP contribution in [-0.2, 0) is 0 Å². The molecule has 10 aromatic rings. The van der Waals surface area contributed by atoms with Gasteiger partial charge < -0.3 is 4.42 Å². The molecule has 0 atom stereocenters. The maximum absolute atomic E-state index is 6.52. The van der Waals surface area contributed by atoms with Crippen molar-refractivity contribution >= 4 is 54.3 Å². The average Bonchev–Trinajstić information content (AvgIpc) is 3.56. The van der Waals surface area contributed by atoms with Crippen LogP contribution < -0.4 is 0 Å². The van der Waals surface area contributed by atoms with Crippen molar-refractivity contribution in [3.63, 3.8) is 0 Å². The number of hydrogen-bond acceptors (Lipinski definition) is 4. The second-order valence-electron chi connectivity index (χ2n) is 12.5. The van der Waals surface area contributed by atoms with E-state index >= 15 is 0 Å². The van der Waals surface area contributed by atoms with Gasteiger partial charge in [0.15, 0.2) is 17.5 Å². The van der Waals surface area contributed by atoms with E-state index in [1.54, 1.807) is 0 Å². The summed E-state index contributed by atoms with van der Waals surface area (Å²) >= 11 is 0. The highest BCUT2D eigenvalue weighted by atomic mass is 16.3. The van der Waals surface area contributed by atoms with Crippen molar-refractivity contribution in [2.24, 2.45) is 0 Å². The first kappa shape index (κ1) is 27.5. The first-order valence-electron chi connectivity index (χ1n) is 16.4. The molecule has 0 saturated carbocycles. The summed E-state index contributed by atoms with van der Waals surface area (Å²) in [5.41, 5.74) is 6.78. The molecule has 0 spiro atoms. The Morgan fingerprint density at radius 1 is 0.327 bits per heavy atom. The van der Waals surface area contributed by atoms with Crippen LogP contribution in [0.5, 0.6) is 0 Å². The standard InChI is InChI=1S/C45H27N3O/c1-2-10-28(11-3-1)33-22-23-37-38(26-33)40(27-39-36-16-8-9-17-41(36)49-42(37)39)45-47-43(34-20-18-29-12-4-6-14-31(29)24-34)46-44(48-45)35-21-19-30-13-5-7-15-32(30)25-35/h1-27H. The number of fused-ring (bicyclic) bond motifs is 7. The van der Waals surface area contributed by atoms with Crippen molar-refractivity contribution in [3.05, 3.63) is 164 Å². The van der Waals surface area contributed by atoms with Gasteiger partial charge in [0.25, 0.3) is 0 Å². The van der Waals surface area contributed by atoms with Crippen molar-refractivity contribution in [3.8, 4) is 45.3 Å². The van der Waals surface area contributed by atoms with Crippen molar-refractivity contribution in [1.82, 2.24) is 15.0 Å². The molecule has 2 aromatic heterocycles. The topological polar surface area (TPSA) is 51.8 Å². The van der Waals surface area contributed by atoms with E-state index in [2.05, 4.69) is 146 Å². The monoisotopic (exact) mass is 625 g/mol. The van der Waals surface area contributed by atoms with E-state index < -0.39 is 0 Å². The summed E-state index contributed by atoms with van der Waals surface area (Å²) in [5, 5.41) is 8.75. The lowest BCUT2D eigenvalue weighted by atomic mass is 9.95. The van der Waals surface area contributed by atoms with E-state index in [1.165, 1.54) is 10.8 Å². The molecule has 0 aliphatic carbocycles. The van der Waals surface area contributed by atoms with Crippen molar-refractivity contribution in [1.29, 1.82) is 0 Å². The molecule has 0 aliphatic heterocycles. The Kier molecular flexibility index (Phi) is 6.15. The summed E-state index contributed by atoms with van der Waals surface area (Å²) in [5.74, 6) is 1.87. The van der Waals surface area contributed by atoms with Gasteiger partial charge in [-0.2, -0.15) is 0 Å². The molecule has 0 amide bonds. The van der Waals surface area contributed by atoms with E-state index in [0.717, 1.165) is 71.3 Å². The summed E-state index contributed by atoms with van der Waals surface area (Å²) in [7, 11) is 0. The highest BCUT2D eigenvalue weighted by Crippen LogP contribution is 2.41. The quantitative estimate of drug-likeness (QED) is 0.195. The number of furan rings is 1. The fourth-order valence-corrected chi connectivity index (χ4v) is 7.00. The number of aromatic nitrogens is 3. The minimum atomic E-state index is 0.615. The molecule has 0 unspecified atom stereocenters. The molecule has 0 N–H and O–H groups in total. The molecule has 0 aliphatic rings. The smallest absolute Gasteiger partial charge is 0.164 e. The SMILES string of the molecule is c1ccc(-c2ccc3c(c2)c(-c2nc(-c4ccc5ccccc5c4)nc(-c4ccc5ccccc5c4)n2)cc2c4ccccc4oc32)cc1. The molecule has 0 fully saturated rings.